The molecule has 0 spiro atoms. The molecule has 0 saturated carbocycles. The third-order valence-corrected chi connectivity index (χ3v) is 6.05. The van der Waals surface area contributed by atoms with Crippen molar-refractivity contribution in [3.05, 3.63) is 47.9 Å². The second-order valence-corrected chi connectivity index (χ2v) is 9.94. The van der Waals surface area contributed by atoms with E-state index in [0.29, 0.717) is 12.8 Å². The Kier molecular flexibility index (Phi) is 6.07. The van der Waals surface area contributed by atoms with Crippen LogP contribution in [0.2, 0.25) is 0 Å². The predicted molar refractivity (Wildman–Crippen MR) is 114 cm³/mol. The van der Waals surface area contributed by atoms with E-state index in [-0.39, 0.29) is 12.2 Å². The van der Waals surface area contributed by atoms with Gasteiger partial charge in [0, 0.05) is 12.8 Å². The Bertz CT molecular complexity index is 710. The maximum atomic E-state index is 11.0. The summed E-state index contributed by atoms with van der Waals surface area (Å²) < 4.78 is 24.2. The molecule has 0 aliphatic carbocycles. The highest BCUT2D eigenvalue weighted by Gasteiger charge is 2.50. The van der Waals surface area contributed by atoms with Gasteiger partial charge >= 0.3 is 7.12 Å². The lowest BCUT2D eigenvalue weighted by Gasteiger charge is -2.42. The van der Waals surface area contributed by atoms with Crippen LogP contribution < -0.4 is 0 Å². The molecule has 1 N–H and O–H groups in total. The van der Waals surface area contributed by atoms with Crippen molar-refractivity contribution >= 4 is 7.12 Å². The van der Waals surface area contributed by atoms with Gasteiger partial charge in [0.1, 0.15) is 0 Å². The van der Waals surface area contributed by atoms with E-state index in [4.69, 9.17) is 18.8 Å². The first-order valence-electron chi connectivity index (χ1n) is 10.5. The second-order valence-electron chi connectivity index (χ2n) is 9.94. The first-order valence-corrected chi connectivity index (χ1v) is 10.5. The fourth-order valence-corrected chi connectivity index (χ4v) is 3.89. The van der Waals surface area contributed by atoms with Gasteiger partial charge in [-0.25, -0.2) is 0 Å². The lowest BCUT2D eigenvalue weighted by molar-refractivity contribution is -0.306. The van der Waals surface area contributed by atoms with Crippen LogP contribution in [0.15, 0.2) is 42.4 Å². The minimum Gasteiger partial charge on any atom is -0.400 e. The van der Waals surface area contributed by atoms with E-state index in [1.165, 1.54) is 0 Å². The molecule has 2 heterocycles. The van der Waals surface area contributed by atoms with Crippen LogP contribution in [0.25, 0.3) is 0 Å². The predicted octanol–water partition coefficient (Wildman–Crippen LogP) is 4.60. The zero-order valence-corrected chi connectivity index (χ0v) is 18.8. The van der Waals surface area contributed by atoms with Crippen LogP contribution in [0.3, 0.4) is 0 Å². The van der Waals surface area contributed by atoms with Crippen LogP contribution in [0.4, 0.5) is 0 Å². The molecule has 0 bridgehead atoms. The van der Waals surface area contributed by atoms with Crippen LogP contribution in [0, 0.1) is 0 Å². The Morgan fingerprint density at radius 3 is 2.21 bits per heavy atom. The fourth-order valence-electron chi connectivity index (χ4n) is 3.89. The van der Waals surface area contributed by atoms with E-state index in [9.17, 15) is 5.11 Å². The lowest BCUT2D eigenvalue weighted by Crippen LogP contribution is -2.44. The number of hydrogen-bond donors (Lipinski definition) is 1. The highest BCUT2D eigenvalue weighted by molar-refractivity contribution is 6.51. The molecule has 3 atom stereocenters. The number of ether oxygens (including phenoxy) is 2. The topological polar surface area (TPSA) is 57.2 Å². The summed E-state index contributed by atoms with van der Waals surface area (Å²) in [5.41, 5.74) is -0.723. The highest BCUT2D eigenvalue weighted by atomic mass is 16.7. The van der Waals surface area contributed by atoms with Crippen LogP contribution in [-0.2, 0) is 18.8 Å². The quantitative estimate of drug-likeness (QED) is 0.730. The monoisotopic (exact) mass is 402 g/mol. The van der Waals surface area contributed by atoms with Gasteiger partial charge in [-0.05, 0) is 54.0 Å². The van der Waals surface area contributed by atoms with E-state index >= 15 is 0 Å². The van der Waals surface area contributed by atoms with Gasteiger partial charge in [0.15, 0.2) is 5.79 Å². The number of benzene rings is 1. The van der Waals surface area contributed by atoms with Crippen molar-refractivity contribution in [2.75, 3.05) is 0 Å². The van der Waals surface area contributed by atoms with E-state index in [1.54, 1.807) is 19.0 Å². The van der Waals surface area contributed by atoms with Crippen molar-refractivity contribution in [1.29, 1.82) is 0 Å². The van der Waals surface area contributed by atoms with E-state index < -0.39 is 29.7 Å². The average molecular weight is 402 g/mol. The summed E-state index contributed by atoms with van der Waals surface area (Å²) in [6.07, 6.45) is 2.71. The van der Waals surface area contributed by atoms with Crippen molar-refractivity contribution < 1.29 is 23.9 Å². The molecule has 1 unspecified atom stereocenters. The van der Waals surface area contributed by atoms with E-state index in [0.717, 1.165) is 5.56 Å². The lowest BCUT2D eigenvalue weighted by atomic mass is 9.85. The number of rotatable bonds is 5. The highest BCUT2D eigenvalue weighted by Crippen LogP contribution is 2.39. The Hall–Kier alpha value is -1.18. The molecule has 3 rings (SSSR count). The molecule has 0 radical (unpaired) electrons. The molecule has 0 amide bonds. The zero-order chi connectivity index (χ0) is 21.5. The minimum atomic E-state index is -1.05. The van der Waals surface area contributed by atoms with Crippen molar-refractivity contribution in [2.24, 2.45) is 0 Å². The molecule has 1 aromatic rings. The smallest absolute Gasteiger partial charge is 0.400 e. The maximum absolute atomic E-state index is 11.0. The molecule has 5 nitrogen and oxygen atoms in total. The minimum absolute atomic E-state index is 0.0622. The van der Waals surface area contributed by atoms with Gasteiger partial charge in [-0.2, -0.15) is 0 Å². The summed E-state index contributed by atoms with van der Waals surface area (Å²) >= 11 is 0. The molecular formula is C23H35BO5. The first kappa shape index (κ1) is 22.5. The Balaban J connectivity index is 1.66. The molecule has 2 saturated heterocycles. The van der Waals surface area contributed by atoms with Gasteiger partial charge in [0.25, 0.3) is 0 Å². The Morgan fingerprint density at radius 2 is 1.62 bits per heavy atom. The summed E-state index contributed by atoms with van der Waals surface area (Å²) in [5.74, 6) is 1.09. The summed E-state index contributed by atoms with van der Waals surface area (Å²) in [5, 5.41) is 11.0. The molecule has 2 fully saturated rings. The zero-order valence-electron chi connectivity index (χ0n) is 18.8. The fraction of sp³-hybridized carbons (Fsp3) is 0.652. The third kappa shape index (κ3) is 5.50. The third-order valence-electron chi connectivity index (χ3n) is 6.05. The van der Waals surface area contributed by atoms with Gasteiger partial charge < -0.3 is 23.9 Å². The van der Waals surface area contributed by atoms with Crippen LogP contribution in [0.5, 0.6) is 0 Å². The Labute approximate surface area is 175 Å². The molecule has 29 heavy (non-hydrogen) atoms. The van der Waals surface area contributed by atoms with Crippen LogP contribution in [0.1, 0.15) is 73.0 Å². The van der Waals surface area contributed by atoms with E-state index in [1.807, 2.05) is 59.7 Å². The average Bonchev–Trinajstić information content (AvgIpc) is 2.79. The van der Waals surface area contributed by atoms with Crippen molar-refractivity contribution in [2.45, 2.75) is 96.1 Å². The second kappa shape index (κ2) is 7.82. The number of aliphatic hydroxyl groups is 1. The first-order chi connectivity index (χ1) is 13.3. The number of hydrogen-bond acceptors (Lipinski definition) is 5. The summed E-state index contributed by atoms with van der Waals surface area (Å²) in [4.78, 5) is 0. The van der Waals surface area contributed by atoms with Crippen molar-refractivity contribution in [3.63, 3.8) is 0 Å². The molecule has 2 aliphatic heterocycles. The summed E-state index contributed by atoms with van der Waals surface area (Å²) in [6, 6.07) is 10.2. The van der Waals surface area contributed by atoms with Gasteiger partial charge in [-0.3, -0.25) is 0 Å². The van der Waals surface area contributed by atoms with Gasteiger partial charge in [0.05, 0.1) is 29.0 Å². The van der Waals surface area contributed by atoms with Crippen LogP contribution in [-0.4, -0.2) is 40.9 Å². The molecule has 6 heteroatoms. The largest absolute Gasteiger partial charge is 0.486 e. The van der Waals surface area contributed by atoms with Crippen molar-refractivity contribution in [1.82, 2.24) is 0 Å². The normalized spacial score (nSPS) is 30.4. The van der Waals surface area contributed by atoms with Crippen molar-refractivity contribution in [3.8, 4) is 0 Å². The molecule has 160 valence electrons. The molecular weight excluding hydrogens is 367 g/mol. The van der Waals surface area contributed by atoms with Crippen LogP contribution >= 0.6 is 0 Å². The summed E-state index contributed by atoms with van der Waals surface area (Å²) in [7, 11) is -0.476. The Morgan fingerprint density at radius 1 is 1.03 bits per heavy atom. The SMILES string of the molecule is CC(O)(/C=C/B1OC(C)(C)C(C)(C)O1)C[C@@H]1C[C@@H](c2ccccc2)OC(C)(C)O1. The van der Waals surface area contributed by atoms with Gasteiger partial charge in [0.2, 0.25) is 0 Å². The van der Waals surface area contributed by atoms with Gasteiger partial charge in [-0.1, -0.05) is 42.4 Å². The summed E-state index contributed by atoms with van der Waals surface area (Å²) in [6.45, 7) is 13.7. The molecule has 2 aliphatic rings. The molecule has 0 aromatic heterocycles. The van der Waals surface area contributed by atoms with Gasteiger partial charge in [-0.15, -0.1) is 0 Å². The van der Waals surface area contributed by atoms with E-state index in [2.05, 4.69) is 12.1 Å². The maximum Gasteiger partial charge on any atom is 0.486 e. The standard InChI is InChI=1S/C23H35BO5/c1-20(2)21(3,4)29-24(28-20)14-13-23(7,25)16-18-15-19(27-22(5,6)26-18)17-11-9-8-10-12-17/h8-14,18-19,25H,15-16H2,1-7H3/b14-13+/t18-,19-,23?/m0/s1. The molecule has 1 aromatic carbocycles.